The van der Waals surface area contributed by atoms with Crippen molar-refractivity contribution in [3.05, 3.63) is 64.4 Å². The summed E-state index contributed by atoms with van der Waals surface area (Å²) in [7, 11) is 0. The summed E-state index contributed by atoms with van der Waals surface area (Å²) >= 11 is 3.42. The van der Waals surface area contributed by atoms with Gasteiger partial charge >= 0.3 is 0 Å². The number of hydrogen-bond acceptors (Lipinski definition) is 2. The molecule has 0 bridgehead atoms. The number of hydrogen-bond donors (Lipinski definition) is 1. The lowest BCUT2D eigenvalue weighted by Crippen LogP contribution is -2.24. The van der Waals surface area contributed by atoms with E-state index in [9.17, 15) is 4.79 Å². The van der Waals surface area contributed by atoms with Crippen molar-refractivity contribution < 1.29 is 4.79 Å². The Kier molecular flexibility index (Phi) is 14.6. The SMILES string of the molecule is CCCCCCCCCCCCCCCCCCn1c(CNC(=O)c2ccc(Br)cc2)nc2ccccc21. The van der Waals surface area contributed by atoms with Crippen LogP contribution in [0.5, 0.6) is 0 Å². The van der Waals surface area contributed by atoms with Gasteiger partial charge in [-0.2, -0.15) is 0 Å². The van der Waals surface area contributed by atoms with Crippen LogP contribution in [0.2, 0.25) is 0 Å². The van der Waals surface area contributed by atoms with E-state index < -0.39 is 0 Å². The van der Waals surface area contributed by atoms with Gasteiger partial charge in [0.2, 0.25) is 0 Å². The summed E-state index contributed by atoms with van der Waals surface area (Å²) in [5.74, 6) is 0.858. The standard InChI is InChI=1S/C33H48BrN3O/c1-2-3-4-5-6-7-8-9-10-11-12-13-14-15-16-19-26-37-31-21-18-17-20-30(31)36-32(37)27-35-33(38)28-22-24-29(34)25-23-28/h17-18,20-25H,2-16,19,26-27H2,1H3,(H,35,38). The molecule has 0 fully saturated rings. The molecule has 1 aromatic heterocycles. The Hall–Kier alpha value is -2.14. The summed E-state index contributed by atoms with van der Waals surface area (Å²) in [6.45, 7) is 3.67. The Bertz CT molecular complexity index is 1060. The molecule has 0 aliphatic carbocycles. The van der Waals surface area contributed by atoms with Gasteiger partial charge in [-0.05, 0) is 42.8 Å². The van der Waals surface area contributed by atoms with Crippen molar-refractivity contribution in [3.63, 3.8) is 0 Å². The van der Waals surface area contributed by atoms with Crippen molar-refractivity contribution in [3.8, 4) is 0 Å². The molecule has 0 spiro atoms. The molecule has 0 atom stereocenters. The Morgan fingerprint density at radius 1 is 0.737 bits per heavy atom. The summed E-state index contributed by atoms with van der Waals surface area (Å²) in [6.07, 6.45) is 22.0. The number of aryl methyl sites for hydroxylation is 1. The molecule has 0 aliphatic rings. The van der Waals surface area contributed by atoms with E-state index in [0.717, 1.165) is 34.3 Å². The van der Waals surface area contributed by atoms with Crippen LogP contribution in [0, 0.1) is 0 Å². The maximum atomic E-state index is 12.6. The fraction of sp³-hybridized carbons (Fsp3) is 0.576. The Morgan fingerprint density at radius 2 is 1.26 bits per heavy atom. The number of nitrogens with zero attached hydrogens (tertiary/aromatic N) is 2. The zero-order chi connectivity index (χ0) is 26.8. The number of carbonyl (C=O) groups is 1. The van der Waals surface area contributed by atoms with Crippen LogP contribution >= 0.6 is 15.9 Å². The number of imidazole rings is 1. The molecule has 0 unspecified atom stereocenters. The van der Waals surface area contributed by atoms with E-state index in [1.807, 2.05) is 30.3 Å². The molecule has 1 amide bonds. The van der Waals surface area contributed by atoms with Crippen LogP contribution < -0.4 is 5.32 Å². The van der Waals surface area contributed by atoms with Gasteiger partial charge in [0.15, 0.2) is 0 Å². The minimum absolute atomic E-state index is 0.0708. The first-order valence-electron chi connectivity index (χ1n) is 15.2. The lowest BCUT2D eigenvalue weighted by atomic mass is 10.0. The lowest BCUT2D eigenvalue weighted by molar-refractivity contribution is 0.0949. The average molecular weight is 583 g/mol. The Morgan fingerprint density at radius 3 is 1.84 bits per heavy atom. The van der Waals surface area contributed by atoms with Gasteiger partial charge < -0.3 is 9.88 Å². The zero-order valence-electron chi connectivity index (χ0n) is 23.5. The van der Waals surface area contributed by atoms with Gasteiger partial charge in [-0.15, -0.1) is 0 Å². The highest BCUT2D eigenvalue weighted by Crippen LogP contribution is 2.19. The molecule has 1 N–H and O–H groups in total. The molecule has 2 aromatic carbocycles. The van der Waals surface area contributed by atoms with E-state index in [-0.39, 0.29) is 5.91 Å². The number of carbonyl (C=O) groups excluding carboxylic acids is 1. The van der Waals surface area contributed by atoms with Crippen LogP contribution in [0.4, 0.5) is 0 Å². The summed E-state index contributed by atoms with van der Waals surface area (Å²) in [4.78, 5) is 17.4. The second-order valence-corrected chi connectivity index (χ2v) is 11.6. The minimum atomic E-state index is -0.0708. The summed E-state index contributed by atoms with van der Waals surface area (Å²) < 4.78 is 3.26. The number of unbranched alkanes of at least 4 members (excludes halogenated alkanes) is 15. The van der Waals surface area contributed by atoms with Crippen LogP contribution in [0.3, 0.4) is 0 Å². The van der Waals surface area contributed by atoms with Gasteiger partial charge in [-0.25, -0.2) is 4.98 Å². The predicted molar refractivity (Wildman–Crippen MR) is 165 cm³/mol. The van der Waals surface area contributed by atoms with Gasteiger partial charge in [-0.1, -0.05) is 131 Å². The molecule has 3 aromatic rings. The average Bonchev–Trinajstić information content (AvgIpc) is 3.29. The largest absolute Gasteiger partial charge is 0.345 e. The summed E-state index contributed by atoms with van der Waals surface area (Å²) in [5.41, 5.74) is 2.81. The third kappa shape index (κ3) is 10.9. The maximum Gasteiger partial charge on any atom is 0.251 e. The number of benzene rings is 2. The van der Waals surface area contributed by atoms with Gasteiger partial charge in [0.25, 0.3) is 5.91 Å². The van der Waals surface area contributed by atoms with E-state index in [1.165, 1.54) is 96.3 Å². The Balaban J connectivity index is 1.30. The van der Waals surface area contributed by atoms with Crippen molar-refractivity contribution >= 4 is 32.9 Å². The third-order valence-electron chi connectivity index (χ3n) is 7.48. The smallest absolute Gasteiger partial charge is 0.251 e. The van der Waals surface area contributed by atoms with Crippen LogP contribution in [0.1, 0.15) is 126 Å². The number of aromatic nitrogens is 2. The number of halogens is 1. The van der Waals surface area contributed by atoms with Crippen molar-refractivity contribution in [2.24, 2.45) is 0 Å². The molecule has 0 aliphatic heterocycles. The first kappa shape index (κ1) is 30.4. The molecule has 1 heterocycles. The minimum Gasteiger partial charge on any atom is -0.345 e. The number of fused-ring (bicyclic) bond motifs is 1. The molecule has 208 valence electrons. The van der Waals surface area contributed by atoms with Crippen LogP contribution in [0.15, 0.2) is 53.0 Å². The lowest BCUT2D eigenvalue weighted by Gasteiger charge is -2.11. The summed E-state index contributed by atoms with van der Waals surface area (Å²) in [6, 6.07) is 15.7. The first-order chi connectivity index (χ1) is 18.7. The van der Waals surface area contributed by atoms with E-state index in [0.29, 0.717) is 12.1 Å². The molecule has 5 heteroatoms. The molecular formula is C33H48BrN3O. The highest BCUT2D eigenvalue weighted by molar-refractivity contribution is 9.10. The number of nitrogens with one attached hydrogen (secondary N) is 1. The van der Waals surface area contributed by atoms with Gasteiger partial charge in [0.1, 0.15) is 5.82 Å². The normalized spacial score (nSPS) is 11.3. The maximum absolute atomic E-state index is 12.6. The molecule has 0 saturated carbocycles. The second kappa shape index (κ2) is 18.2. The fourth-order valence-electron chi connectivity index (χ4n) is 5.19. The second-order valence-electron chi connectivity index (χ2n) is 10.7. The highest BCUT2D eigenvalue weighted by atomic mass is 79.9. The van der Waals surface area contributed by atoms with E-state index in [1.54, 1.807) is 0 Å². The molecule has 0 saturated heterocycles. The molecule has 3 rings (SSSR count). The fourth-order valence-corrected chi connectivity index (χ4v) is 5.45. The topological polar surface area (TPSA) is 46.9 Å². The monoisotopic (exact) mass is 581 g/mol. The van der Waals surface area contributed by atoms with Gasteiger partial charge in [-0.3, -0.25) is 4.79 Å². The van der Waals surface area contributed by atoms with Crippen LogP contribution in [-0.2, 0) is 13.1 Å². The van der Waals surface area contributed by atoms with Crippen molar-refractivity contribution in [1.29, 1.82) is 0 Å². The zero-order valence-corrected chi connectivity index (χ0v) is 25.1. The molecular weight excluding hydrogens is 534 g/mol. The third-order valence-corrected chi connectivity index (χ3v) is 8.01. The van der Waals surface area contributed by atoms with Crippen molar-refractivity contribution in [2.75, 3.05) is 0 Å². The van der Waals surface area contributed by atoms with Crippen molar-refractivity contribution in [1.82, 2.24) is 14.9 Å². The quantitative estimate of drug-likeness (QED) is 0.135. The number of rotatable bonds is 20. The predicted octanol–water partition coefficient (Wildman–Crippen LogP) is 9.99. The molecule has 0 radical (unpaired) electrons. The number of para-hydroxylation sites is 2. The summed E-state index contributed by atoms with van der Waals surface area (Å²) in [5, 5.41) is 3.05. The molecule has 38 heavy (non-hydrogen) atoms. The first-order valence-corrected chi connectivity index (χ1v) is 16.0. The van der Waals surface area contributed by atoms with E-state index in [4.69, 9.17) is 4.98 Å². The van der Waals surface area contributed by atoms with Gasteiger partial charge in [0.05, 0.1) is 17.6 Å². The van der Waals surface area contributed by atoms with E-state index in [2.05, 4.69) is 50.9 Å². The number of amides is 1. The van der Waals surface area contributed by atoms with Gasteiger partial charge in [0, 0.05) is 16.6 Å². The van der Waals surface area contributed by atoms with Crippen molar-refractivity contribution in [2.45, 2.75) is 123 Å². The Labute approximate surface area is 239 Å². The van der Waals surface area contributed by atoms with Crippen LogP contribution in [-0.4, -0.2) is 15.5 Å². The highest BCUT2D eigenvalue weighted by Gasteiger charge is 2.12. The van der Waals surface area contributed by atoms with E-state index >= 15 is 0 Å². The van der Waals surface area contributed by atoms with Crippen LogP contribution in [0.25, 0.3) is 11.0 Å². The molecule has 4 nitrogen and oxygen atoms in total.